The van der Waals surface area contributed by atoms with Crippen molar-refractivity contribution in [2.75, 3.05) is 16.8 Å². The van der Waals surface area contributed by atoms with Crippen molar-refractivity contribution < 1.29 is 33.8 Å². The van der Waals surface area contributed by atoms with Crippen LogP contribution in [-0.2, 0) is 42.4 Å². The first-order valence-corrected chi connectivity index (χ1v) is 15.8. The van der Waals surface area contributed by atoms with Gasteiger partial charge in [0.1, 0.15) is 0 Å². The second-order valence-electron chi connectivity index (χ2n) is 10.8. The highest BCUT2D eigenvalue weighted by Gasteiger charge is 2.64. The molecule has 0 bridgehead atoms. The molecule has 5 atom stereocenters. The summed E-state index contributed by atoms with van der Waals surface area (Å²) in [4.78, 5) is 50.2. The lowest BCUT2D eigenvalue weighted by Crippen LogP contribution is -2.55. The van der Waals surface area contributed by atoms with Crippen LogP contribution in [0.1, 0.15) is 37.9 Å². The minimum atomic E-state index is -2.82. The van der Waals surface area contributed by atoms with E-state index in [9.17, 15) is 19.2 Å². The van der Waals surface area contributed by atoms with Crippen LogP contribution in [0.3, 0.4) is 0 Å². The largest absolute Gasteiger partial charge is 0.441 e. The van der Waals surface area contributed by atoms with Crippen LogP contribution in [0.15, 0.2) is 24.4 Å². The highest BCUT2D eigenvalue weighted by molar-refractivity contribution is 6.71. The number of carbonyl (C=O) groups is 3. The maximum atomic E-state index is 13.6. The summed E-state index contributed by atoms with van der Waals surface area (Å²) in [6, 6.07) is 5.19. The summed E-state index contributed by atoms with van der Waals surface area (Å²) in [5, 5.41) is 20.3. The van der Waals surface area contributed by atoms with Crippen molar-refractivity contribution in [1.29, 1.82) is 0 Å². The Morgan fingerprint density at radius 2 is 2.11 bits per heavy atom. The van der Waals surface area contributed by atoms with Gasteiger partial charge in [-0.05, 0) is 37.7 Å². The summed E-state index contributed by atoms with van der Waals surface area (Å²) in [5.74, 6) is -1.32. The Kier molecular flexibility index (Phi) is 6.66. The van der Waals surface area contributed by atoms with Crippen molar-refractivity contribution in [1.82, 2.24) is 15.0 Å². The van der Waals surface area contributed by atoms with Gasteiger partial charge in [0, 0.05) is 61.1 Å². The van der Waals surface area contributed by atoms with Crippen molar-refractivity contribution in [3.63, 3.8) is 0 Å². The number of nitrogens with one attached hydrogen (secondary N) is 1. The zero-order valence-corrected chi connectivity index (χ0v) is 22.9. The third kappa shape index (κ3) is 4.32. The quantitative estimate of drug-likeness (QED) is 0.254. The number of aliphatic hydroxyl groups excluding tert-OH is 1. The van der Waals surface area contributed by atoms with Gasteiger partial charge in [-0.15, -0.1) is 5.10 Å². The molecule has 0 aliphatic carbocycles. The summed E-state index contributed by atoms with van der Waals surface area (Å²) < 4.78 is 13.6. The molecule has 2 saturated heterocycles. The van der Waals surface area contributed by atoms with Gasteiger partial charge in [0.15, 0.2) is 20.1 Å². The normalized spacial score (nSPS) is 28.4. The van der Waals surface area contributed by atoms with E-state index in [1.165, 1.54) is 11.8 Å². The molecular formula is C25H33N5O7Si. The van der Waals surface area contributed by atoms with E-state index >= 15 is 0 Å². The average Bonchev–Trinajstić information content (AvgIpc) is 3.47. The van der Waals surface area contributed by atoms with Gasteiger partial charge >= 0.3 is 5.97 Å². The molecule has 13 heteroatoms. The zero-order valence-electron chi connectivity index (χ0n) is 21.9. The maximum absolute atomic E-state index is 13.6. The Labute approximate surface area is 221 Å². The first kappa shape index (κ1) is 26.5. The molecule has 1 aromatic heterocycles. The molecule has 3 N–H and O–H groups in total. The molecule has 0 saturated carbocycles. The first-order valence-electron chi connectivity index (χ1n) is 12.8. The van der Waals surface area contributed by atoms with Gasteiger partial charge in [-0.2, -0.15) is 0 Å². The number of anilines is 2. The van der Waals surface area contributed by atoms with Crippen LogP contribution in [0.25, 0.3) is 0 Å². The van der Waals surface area contributed by atoms with E-state index in [1.54, 1.807) is 29.1 Å². The Morgan fingerprint density at radius 3 is 2.76 bits per heavy atom. The molecule has 1 unspecified atom stereocenters. The van der Waals surface area contributed by atoms with E-state index in [0.717, 1.165) is 0 Å². The smallest absolute Gasteiger partial charge is 0.304 e. The van der Waals surface area contributed by atoms with E-state index in [2.05, 4.69) is 15.6 Å². The molecule has 1 spiro atoms. The predicted octanol–water partition coefficient (Wildman–Crippen LogP) is 1.28. The van der Waals surface area contributed by atoms with Crippen molar-refractivity contribution in [2.45, 2.75) is 76.2 Å². The van der Waals surface area contributed by atoms with E-state index in [0.29, 0.717) is 42.0 Å². The number of carbonyl (C=O) groups excluding carboxylic acids is 3. The fraction of sp³-hybridized carbons (Fsp3) is 0.560. The average molecular weight is 544 g/mol. The summed E-state index contributed by atoms with van der Waals surface area (Å²) >= 11 is 0. The topological polar surface area (TPSA) is 156 Å². The Balaban J connectivity index is 1.46. The molecular weight excluding hydrogens is 510 g/mol. The van der Waals surface area contributed by atoms with Gasteiger partial charge < -0.3 is 24.7 Å². The van der Waals surface area contributed by atoms with Crippen LogP contribution in [0.2, 0.25) is 18.6 Å². The lowest BCUT2D eigenvalue weighted by Gasteiger charge is -2.39. The van der Waals surface area contributed by atoms with Crippen LogP contribution in [0.4, 0.5) is 11.4 Å². The van der Waals surface area contributed by atoms with Crippen molar-refractivity contribution in [3.05, 3.63) is 35.7 Å². The van der Waals surface area contributed by atoms with Crippen LogP contribution >= 0.6 is 0 Å². The van der Waals surface area contributed by atoms with Gasteiger partial charge in [-0.1, -0.05) is 12.1 Å². The number of esters is 1. The van der Waals surface area contributed by atoms with Gasteiger partial charge in [0.25, 0.3) is 5.91 Å². The molecule has 38 heavy (non-hydrogen) atoms. The van der Waals surface area contributed by atoms with Crippen LogP contribution in [0.5, 0.6) is 0 Å². The second-order valence-corrected chi connectivity index (χ2v) is 14.8. The molecule has 0 radical (unpaired) electrons. The SMILES string of the molecule is CC(=O)OC1CC(=O)N1c1ccc2c(c1)[C@@]1(O[C@H](CCn3cc(CCO)nn3)[C@@H]([Si](C)(C)O)[C@@H]1C)C(=O)N2. The fourth-order valence-corrected chi connectivity index (χ4v) is 8.83. The monoisotopic (exact) mass is 543 g/mol. The molecule has 2 amide bonds. The molecule has 2 fully saturated rings. The number of ether oxygens (including phenoxy) is 2. The third-order valence-electron chi connectivity index (χ3n) is 7.81. The number of hydrogen-bond acceptors (Lipinski definition) is 9. The van der Waals surface area contributed by atoms with Crippen LogP contribution in [-0.4, -0.2) is 69.9 Å². The Bertz CT molecular complexity index is 1280. The van der Waals surface area contributed by atoms with Crippen LogP contribution < -0.4 is 10.2 Å². The first-order chi connectivity index (χ1) is 18.0. The molecule has 3 aliphatic heterocycles. The number of β-lactam (4-membered cyclic amide) rings is 1. The maximum Gasteiger partial charge on any atom is 0.304 e. The minimum absolute atomic E-state index is 0.0159. The molecule has 204 valence electrons. The van der Waals surface area contributed by atoms with Gasteiger partial charge in [-0.25, -0.2) is 0 Å². The molecule has 5 rings (SSSR count). The summed E-state index contributed by atoms with van der Waals surface area (Å²) in [7, 11) is -2.82. The van der Waals surface area contributed by atoms with E-state index in [1.807, 2.05) is 20.0 Å². The number of aliphatic hydroxyl groups is 1. The standard InChI is InChI=1S/C25H33N5O7Si/c1-14-23(38(3,4)35)20(7-9-29-13-16(8-10-31)27-28-29)37-25(14)18-11-17(5-6-19(18)26-24(25)34)30-21(33)12-22(30)36-15(2)32/h5-6,11,13-14,20,22-23,31,35H,7-10,12H2,1-4H3,(H,26,34)/t14-,20+,22?,23-,25+/m0/s1. The highest BCUT2D eigenvalue weighted by atomic mass is 28.4. The van der Waals surface area contributed by atoms with Crippen molar-refractivity contribution >= 4 is 37.5 Å². The fourth-order valence-electron chi connectivity index (χ4n) is 6.22. The highest BCUT2D eigenvalue weighted by Crippen LogP contribution is 2.58. The number of amides is 2. The van der Waals surface area contributed by atoms with Crippen molar-refractivity contribution in [2.24, 2.45) is 5.92 Å². The van der Waals surface area contributed by atoms with Crippen molar-refractivity contribution in [3.8, 4) is 0 Å². The number of benzene rings is 1. The van der Waals surface area contributed by atoms with E-state index < -0.39 is 32.2 Å². The third-order valence-corrected chi connectivity index (χ3v) is 10.3. The van der Waals surface area contributed by atoms with E-state index in [4.69, 9.17) is 14.6 Å². The molecule has 4 heterocycles. The number of aryl methyl sites for hydroxylation is 1. The Hall–Kier alpha value is -3.13. The number of nitrogens with zero attached hydrogens (tertiary/aromatic N) is 4. The second kappa shape index (κ2) is 9.56. The molecule has 12 nitrogen and oxygen atoms in total. The summed E-state index contributed by atoms with van der Waals surface area (Å²) in [6.07, 6.45) is 1.66. The zero-order chi connectivity index (χ0) is 27.4. The summed E-state index contributed by atoms with van der Waals surface area (Å²) in [6.45, 7) is 7.38. The van der Waals surface area contributed by atoms with Gasteiger partial charge in [0.05, 0.1) is 18.2 Å². The minimum Gasteiger partial charge on any atom is -0.441 e. The lowest BCUT2D eigenvalue weighted by atomic mass is 9.82. The lowest BCUT2D eigenvalue weighted by molar-refractivity contribution is -0.153. The van der Waals surface area contributed by atoms with Gasteiger partial charge in [0.2, 0.25) is 5.91 Å². The van der Waals surface area contributed by atoms with E-state index in [-0.39, 0.29) is 36.3 Å². The summed E-state index contributed by atoms with van der Waals surface area (Å²) in [5.41, 5.74) is 0.778. The van der Waals surface area contributed by atoms with Crippen LogP contribution in [0, 0.1) is 5.92 Å². The Morgan fingerprint density at radius 1 is 1.34 bits per heavy atom. The van der Waals surface area contributed by atoms with Gasteiger partial charge in [-0.3, -0.25) is 24.0 Å². The number of fused-ring (bicyclic) bond motifs is 2. The molecule has 2 aromatic rings. The molecule has 1 aromatic carbocycles. The number of hydrogen-bond donors (Lipinski definition) is 3. The molecule has 3 aliphatic rings. The number of rotatable bonds is 8. The predicted molar refractivity (Wildman–Crippen MR) is 137 cm³/mol. The number of aromatic nitrogens is 3.